The molecule has 1 heterocycles. The van der Waals surface area contributed by atoms with Gasteiger partial charge in [0.2, 0.25) is 0 Å². The number of hydrogen-bond acceptors (Lipinski definition) is 6. The molecule has 0 aliphatic carbocycles. The summed E-state index contributed by atoms with van der Waals surface area (Å²) in [5.74, 6) is -0.321. The monoisotopic (exact) mass is 463 g/mol. The molecule has 1 aliphatic rings. The van der Waals surface area contributed by atoms with Gasteiger partial charge in [0.05, 0.1) is 24.4 Å². The number of carbonyl (C=O) groups excluding carboxylic acids is 1. The molecule has 34 heavy (non-hydrogen) atoms. The maximum atomic E-state index is 12.8. The highest BCUT2D eigenvalue weighted by Crippen LogP contribution is 2.36. The van der Waals surface area contributed by atoms with Gasteiger partial charge >= 0.3 is 7.12 Å². The molecule has 1 amide bonds. The summed E-state index contributed by atoms with van der Waals surface area (Å²) in [4.78, 5) is 12.8. The van der Waals surface area contributed by atoms with Crippen molar-refractivity contribution in [3.63, 3.8) is 0 Å². The van der Waals surface area contributed by atoms with Crippen molar-refractivity contribution in [2.45, 2.75) is 52.4 Å². The van der Waals surface area contributed by atoms with Crippen LogP contribution in [0, 0.1) is 12.3 Å². The van der Waals surface area contributed by atoms with Crippen molar-refractivity contribution in [3.8, 4) is 0 Å². The number of amides is 1. The minimum absolute atomic E-state index is 0.299. The third-order valence-corrected chi connectivity index (χ3v) is 6.19. The van der Waals surface area contributed by atoms with Gasteiger partial charge in [0.15, 0.2) is 0 Å². The molecule has 1 saturated heterocycles. The fourth-order valence-corrected chi connectivity index (χ4v) is 3.46. The fourth-order valence-electron chi connectivity index (χ4n) is 3.46. The van der Waals surface area contributed by atoms with Crippen molar-refractivity contribution < 1.29 is 18.8 Å². The number of anilines is 1. The second-order valence-corrected chi connectivity index (χ2v) is 9.33. The topological polar surface area (TPSA) is 92.7 Å². The first-order valence-corrected chi connectivity index (χ1v) is 11.5. The van der Waals surface area contributed by atoms with Crippen molar-refractivity contribution in [2.75, 3.05) is 18.5 Å². The Morgan fingerprint density at radius 2 is 1.76 bits per heavy atom. The molecule has 8 heteroatoms. The van der Waals surface area contributed by atoms with Gasteiger partial charge in [-0.2, -0.15) is 0 Å². The Balaban J connectivity index is 1.55. The van der Waals surface area contributed by atoms with Crippen LogP contribution in [0.25, 0.3) is 0 Å². The SMILES string of the molecule is Cc1cc(B2OC(C)(C)C(C)(C)O2)ccc1NC(=O)/C(=C/C=N)NCCOCc1ccccc1. The largest absolute Gasteiger partial charge is 0.494 e. The molecule has 3 rings (SSSR count). The van der Waals surface area contributed by atoms with E-state index in [1.807, 2.05) is 83.1 Å². The zero-order valence-corrected chi connectivity index (χ0v) is 20.6. The number of benzene rings is 2. The summed E-state index contributed by atoms with van der Waals surface area (Å²) in [5, 5.41) is 13.4. The fraction of sp³-hybridized carbons (Fsp3) is 0.385. The molecule has 1 fully saturated rings. The molecule has 2 aromatic rings. The Labute approximate surface area is 202 Å². The number of carbonyl (C=O) groups is 1. The van der Waals surface area contributed by atoms with Gasteiger partial charge in [0, 0.05) is 18.4 Å². The van der Waals surface area contributed by atoms with Gasteiger partial charge in [-0.25, -0.2) is 0 Å². The summed E-state index contributed by atoms with van der Waals surface area (Å²) in [6, 6.07) is 15.6. The number of rotatable bonds is 10. The molecule has 0 bridgehead atoms. The predicted molar refractivity (Wildman–Crippen MR) is 136 cm³/mol. The Morgan fingerprint density at radius 1 is 1.09 bits per heavy atom. The Kier molecular flexibility index (Phi) is 8.30. The number of nitrogens with one attached hydrogen (secondary N) is 3. The normalized spacial score (nSPS) is 16.9. The third-order valence-electron chi connectivity index (χ3n) is 6.19. The van der Waals surface area contributed by atoms with E-state index in [1.165, 1.54) is 6.08 Å². The molecule has 2 aromatic carbocycles. The van der Waals surface area contributed by atoms with E-state index in [4.69, 9.17) is 19.5 Å². The molecular weight excluding hydrogens is 429 g/mol. The van der Waals surface area contributed by atoms with Crippen LogP contribution in [-0.2, 0) is 25.4 Å². The van der Waals surface area contributed by atoms with Gasteiger partial charge < -0.3 is 30.1 Å². The third kappa shape index (κ3) is 6.35. The molecule has 180 valence electrons. The first-order valence-electron chi connectivity index (χ1n) is 11.5. The minimum atomic E-state index is -0.459. The summed E-state index contributed by atoms with van der Waals surface area (Å²) < 4.78 is 17.9. The summed E-state index contributed by atoms with van der Waals surface area (Å²) in [5.41, 5.74) is 3.04. The maximum Gasteiger partial charge on any atom is 0.494 e. The second-order valence-electron chi connectivity index (χ2n) is 9.33. The number of ether oxygens (including phenoxy) is 1. The van der Waals surface area contributed by atoms with Crippen LogP contribution in [0.1, 0.15) is 38.8 Å². The molecule has 1 aliphatic heterocycles. The molecule has 0 saturated carbocycles. The van der Waals surface area contributed by atoms with Gasteiger partial charge in [0.25, 0.3) is 5.91 Å². The quantitative estimate of drug-likeness (QED) is 0.217. The van der Waals surface area contributed by atoms with Crippen LogP contribution < -0.4 is 16.1 Å². The van der Waals surface area contributed by atoms with Gasteiger partial charge in [-0.05, 0) is 63.4 Å². The summed E-state index contributed by atoms with van der Waals surface area (Å²) >= 11 is 0. The Bertz CT molecular complexity index is 1020. The van der Waals surface area contributed by atoms with Crippen molar-refractivity contribution in [2.24, 2.45) is 0 Å². The summed E-state index contributed by atoms with van der Waals surface area (Å²) in [7, 11) is -0.459. The highest BCUT2D eigenvalue weighted by Gasteiger charge is 2.51. The molecule has 0 atom stereocenters. The average molecular weight is 463 g/mol. The van der Waals surface area contributed by atoms with E-state index in [0.29, 0.717) is 31.1 Å². The Morgan fingerprint density at radius 3 is 2.38 bits per heavy atom. The number of aryl methyl sites for hydroxylation is 1. The average Bonchev–Trinajstić information content (AvgIpc) is 3.01. The van der Waals surface area contributed by atoms with Crippen LogP contribution in [0.3, 0.4) is 0 Å². The van der Waals surface area contributed by atoms with Crippen LogP contribution in [0.4, 0.5) is 5.69 Å². The molecule has 0 aromatic heterocycles. The zero-order chi connectivity index (χ0) is 24.8. The lowest BCUT2D eigenvalue weighted by atomic mass is 9.78. The summed E-state index contributed by atoms with van der Waals surface area (Å²) in [6.07, 6.45) is 2.52. The van der Waals surface area contributed by atoms with Crippen LogP contribution in [-0.4, -0.2) is 43.6 Å². The lowest BCUT2D eigenvalue weighted by Gasteiger charge is -2.32. The highest BCUT2D eigenvalue weighted by atomic mass is 16.7. The Hall–Kier alpha value is -2.94. The van der Waals surface area contributed by atoms with E-state index >= 15 is 0 Å². The van der Waals surface area contributed by atoms with E-state index < -0.39 is 18.3 Å². The molecule has 0 radical (unpaired) electrons. The molecule has 3 N–H and O–H groups in total. The van der Waals surface area contributed by atoms with E-state index in [-0.39, 0.29) is 5.91 Å². The smallest absolute Gasteiger partial charge is 0.399 e. The number of allylic oxidation sites excluding steroid dienone is 1. The molecule has 7 nitrogen and oxygen atoms in total. The van der Waals surface area contributed by atoms with Gasteiger partial charge in [-0.1, -0.05) is 42.5 Å². The van der Waals surface area contributed by atoms with Crippen molar-refractivity contribution >= 4 is 30.4 Å². The lowest BCUT2D eigenvalue weighted by molar-refractivity contribution is -0.113. The van der Waals surface area contributed by atoms with Crippen molar-refractivity contribution in [1.29, 1.82) is 5.41 Å². The zero-order valence-electron chi connectivity index (χ0n) is 20.6. The van der Waals surface area contributed by atoms with E-state index in [2.05, 4.69) is 10.6 Å². The van der Waals surface area contributed by atoms with Crippen LogP contribution in [0.2, 0.25) is 0 Å². The van der Waals surface area contributed by atoms with E-state index in [9.17, 15) is 4.79 Å². The molecule has 0 spiro atoms. The standard InChI is InChI=1S/C26H34BN3O4/c1-19-17-21(27-33-25(2,3)26(4,5)34-27)11-12-22(19)30-24(31)23(13-14-28)29-15-16-32-18-20-9-7-6-8-10-20/h6-14,17,28-29H,15-16,18H2,1-5H3,(H,30,31)/b23-13-,28-14?. The first-order chi connectivity index (χ1) is 16.1. The van der Waals surface area contributed by atoms with Crippen molar-refractivity contribution in [1.82, 2.24) is 5.32 Å². The maximum absolute atomic E-state index is 12.8. The van der Waals surface area contributed by atoms with E-state index in [0.717, 1.165) is 22.8 Å². The minimum Gasteiger partial charge on any atom is -0.399 e. The van der Waals surface area contributed by atoms with Crippen LogP contribution in [0.5, 0.6) is 0 Å². The molecule has 0 unspecified atom stereocenters. The first kappa shape index (κ1) is 25.7. The van der Waals surface area contributed by atoms with Gasteiger partial charge in [-0.15, -0.1) is 0 Å². The lowest BCUT2D eigenvalue weighted by Crippen LogP contribution is -2.41. The van der Waals surface area contributed by atoms with Crippen LogP contribution >= 0.6 is 0 Å². The predicted octanol–water partition coefficient (Wildman–Crippen LogP) is 3.57. The molecular formula is C26H34BN3O4. The highest BCUT2D eigenvalue weighted by molar-refractivity contribution is 6.62. The van der Waals surface area contributed by atoms with Crippen LogP contribution in [0.15, 0.2) is 60.3 Å². The van der Waals surface area contributed by atoms with Gasteiger partial charge in [-0.3, -0.25) is 4.79 Å². The number of hydrogen-bond donors (Lipinski definition) is 3. The van der Waals surface area contributed by atoms with E-state index in [1.54, 1.807) is 0 Å². The second kappa shape index (κ2) is 11.0. The van der Waals surface area contributed by atoms with Gasteiger partial charge in [0.1, 0.15) is 5.70 Å². The summed E-state index contributed by atoms with van der Waals surface area (Å²) in [6.45, 7) is 11.4. The van der Waals surface area contributed by atoms with Crippen molar-refractivity contribution in [3.05, 3.63) is 71.4 Å².